The molecule has 1 nitrogen and oxygen atoms in total. The minimum atomic E-state index is -6.50. The lowest BCUT2D eigenvalue weighted by molar-refractivity contribution is -0.416. The van der Waals surface area contributed by atoms with E-state index in [2.05, 4.69) is 4.74 Å². The SMILES string of the molecule is C/C(F)=C(/C)OC(F)(F)C(F)(F)C(F)(F)F. The van der Waals surface area contributed by atoms with Crippen LogP contribution in [0.25, 0.3) is 0 Å². The van der Waals surface area contributed by atoms with Gasteiger partial charge in [-0.05, 0) is 13.8 Å². The second kappa shape index (κ2) is 4.10. The molecular formula is C7H6F8O. The van der Waals surface area contributed by atoms with Gasteiger partial charge < -0.3 is 4.74 Å². The Labute approximate surface area is 84.7 Å². The van der Waals surface area contributed by atoms with Crippen molar-refractivity contribution in [2.45, 2.75) is 32.1 Å². The number of rotatable bonds is 3. The summed E-state index contributed by atoms with van der Waals surface area (Å²) in [6.45, 7) is 1.06. The molecule has 0 aromatic heterocycles. The standard InChI is InChI=1S/C7H6F8O/c1-3(8)4(2)16-7(14,15)5(9,10)6(11,12)13/h1-2H3/b4-3+. The Hall–Kier alpha value is -1.02. The molecular weight excluding hydrogens is 252 g/mol. The fourth-order valence-electron chi connectivity index (χ4n) is 0.492. The van der Waals surface area contributed by atoms with E-state index in [0.29, 0.717) is 13.8 Å². The zero-order valence-electron chi connectivity index (χ0n) is 7.93. The number of halogens is 8. The molecule has 0 N–H and O–H groups in total. The number of hydrogen-bond acceptors (Lipinski definition) is 1. The molecule has 0 aromatic rings. The number of ether oxygens (including phenoxy) is 1. The van der Waals surface area contributed by atoms with Gasteiger partial charge in [0.15, 0.2) is 0 Å². The van der Waals surface area contributed by atoms with E-state index >= 15 is 0 Å². The third-order valence-corrected chi connectivity index (χ3v) is 1.49. The molecule has 0 heterocycles. The molecule has 0 spiro atoms. The normalized spacial score (nSPS) is 15.9. The van der Waals surface area contributed by atoms with Crippen molar-refractivity contribution in [3.63, 3.8) is 0 Å². The summed E-state index contributed by atoms with van der Waals surface area (Å²) in [7, 11) is 0. The summed E-state index contributed by atoms with van der Waals surface area (Å²) in [5.41, 5.74) is 0. The first-order valence-corrected chi connectivity index (χ1v) is 3.67. The minimum Gasteiger partial charge on any atom is -0.430 e. The van der Waals surface area contributed by atoms with Crippen LogP contribution in [0.1, 0.15) is 13.8 Å². The van der Waals surface area contributed by atoms with Crippen LogP contribution in [0, 0.1) is 0 Å². The Balaban J connectivity index is 5.15. The van der Waals surface area contributed by atoms with E-state index in [-0.39, 0.29) is 0 Å². The second-order valence-electron chi connectivity index (χ2n) is 2.78. The quantitative estimate of drug-likeness (QED) is 0.548. The zero-order valence-corrected chi connectivity index (χ0v) is 7.93. The monoisotopic (exact) mass is 258 g/mol. The van der Waals surface area contributed by atoms with Crippen LogP contribution in [0.3, 0.4) is 0 Å². The summed E-state index contributed by atoms with van der Waals surface area (Å²) in [6.07, 6.45) is -12.4. The van der Waals surface area contributed by atoms with Gasteiger partial charge in [-0.15, -0.1) is 0 Å². The summed E-state index contributed by atoms with van der Waals surface area (Å²) in [6, 6.07) is 0. The van der Waals surface area contributed by atoms with Crippen molar-refractivity contribution in [3.05, 3.63) is 11.6 Å². The maximum Gasteiger partial charge on any atom is 0.474 e. The lowest BCUT2D eigenvalue weighted by Gasteiger charge is -2.27. The summed E-state index contributed by atoms with van der Waals surface area (Å²) in [5, 5.41) is 0. The van der Waals surface area contributed by atoms with Crippen LogP contribution in [0.5, 0.6) is 0 Å². The molecule has 0 amide bonds. The van der Waals surface area contributed by atoms with E-state index in [1.807, 2.05) is 0 Å². The van der Waals surface area contributed by atoms with E-state index in [4.69, 9.17) is 0 Å². The van der Waals surface area contributed by atoms with E-state index in [0.717, 1.165) is 0 Å². The number of allylic oxidation sites excluding steroid dienone is 2. The first-order chi connectivity index (χ1) is 6.83. The lowest BCUT2D eigenvalue weighted by Crippen LogP contribution is -2.53. The Morgan fingerprint density at radius 1 is 0.875 bits per heavy atom. The van der Waals surface area contributed by atoms with Gasteiger partial charge in [-0.1, -0.05) is 0 Å². The van der Waals surface area contributed by atoms with Gasteiger partial charge in [0.25, 0.3) is 0 Å². The van der Waals surface area contributed by atoms with Crippen LogP contribution in [-0.4, -0.2) is 18.2 Å². The maximum atomic E-state index is 12.4. The van der Waals surface area contributed by atoms with Crippen molar-refractivity contribution in [1.82, 2.24) is 0 Å². The fourth-order valence-corrected chi connectivity index (χ4v) is 0.492. The zero-order chi connectivity index (χ0) is 13.4. The maximum absolute atomic E-state index is 12.4. The number of alkyl halides is 7. The molecule has 0 fully saturated rings. The van der Waals surface area contributed by atoms with Crippen LogP contribution in [-0.2, 0) is 4.74 Å². The smallest absolute Gasteiger partial charge is 0.430 e. The Bertz CT molecular complexity index is 285. The average Bonchev–Trinajstić information content (AvgIpc) is 2.00. The lowest BCUT2D eigenvalue weighted by atomic mass is 10.3. The molecule has 0 radical (unpaired) electrons. The van der Waals surface area contributed by atoms with Crippen LogP contribution in [0.2, 0.25) is 0 Å². The third kappa shape index (κ3) is 2.76. The predicted octanol–water partition coefficient (Wildman–Crippen LogP) is 4.01. The molecule has 0 bridgehead atoms. The van der Waals surface area contributed by atoms with Gasteiger partial charge >= 0.3 is 18.2 Å². The van der Waals surface area contributed by atoms with Crippen molar-refractivity contribution < 1.29 is 39.9 Å². The number of hydrogen-bond donors (Lipinski definition) is 0. The molecule has 0 saturated carbocycles. The predicted molar refractivity (Wildman–Crippen MR) is 36.5 cm³/mol. The van der Waals surface area contributed by atoms with Gasteiger partial charge in [-0.3, -0.25) is 0 Å². The molecule has 0 rings (SSSR count). The van der Waals surface area contributed by atoms with Gasteiger partial charge in [0.2, 0.25) is 0 Å². The van der Waals surface area contributed by atoms with Gasteiger partial charge in [0, 0.05) is 0 Å². The fraction of sp³-hybridized carbons (Fsp3) is 0.714. The molecule has 0 atom stereocenters. The molecule has 0 saturated heterocycles. The highest BCUT2D eigenvalue weighted by atomic mass is 19.4. The van der Waals surface area contributed by atoms with Gasteiger partial charge in [-0.25, -0.2) is 4.39 Å². The summed E-state index contributed by atoms with van der Waals surface area (Å²) >= 11 is 0. The second-order valence-corrected chi connectivity index (χ2v) is 2.78. The van der Waals surface area contributed by atoms with Crippen molar-refractivity contribution >= 4 is 0 Å². The van der Waals surface area contributed by atoms with Crippen LogP contribution < -0.4 is 0 Å². The summed E-state index contributed by atoms with van der Waals surface area (Å²) < 4.78 is 99.1. The van der Waals surface area contributed by atoms with Crippen LogP contribution in [0.15, 0.2) is 11.6 Å². The van der Waals surface area contributed by atoms with Gasteiger partial charge in [0.1, 0.15) is 11.6 Å². The first kappa shape index (κ1) is 15.0. The molecule has 0 aliphatic rings. The molecule has 0 aromatic carbocycles. The Morgan fingerprint density at radius 3 is 1.50 bits per heavy atom. The largest absolute Gasteiger partial charge is 0.474 e. The van der Waals surface area contributed by atoms with Gasteiger partial charge in [-0.2, -0.15) is 30.7 Å². The molecule has 0 aliphatic heterocycles. The highest BCUT2D eigenvalue weighted by Crippen LogP contribution is 2.47. The topological polar surface area (TPSA) is 9.23 Å². The van der Waals surface area contributed by atoms with Crippen molar-refractivity contribution in [3.8, 4) is 0 Å². The molecule has 0 aliphatic carbocycles. The Morgan fingerprint density at radius 2 is 1.25 bits per heavy atom. The van der Waals surface area contributed by atoms with Crippen molar-refractivity contribution in [2.75, 3.05) is 0 Å². The van der Waals surface area contributed by atoms with Crippen molar-refractivity contribution in [1.29, 1.82) is 0 Å². The van der Waals surface area contributed by atoms with Crippen molar-refractivity contribution in [2.24, 2.45) is 0 Å². The van der Waals surface area contributed by atoms with Crippen LogP contribution >= 0.6 is 0 Å². The summed E-state index contributed by atoms with van der Waals surface area (Å²) in [4.78, 5) is 0. The first-order valence-electron chi connectivity index (χ1n) is 3.67. The van der Waals surface area contributed by atoms with Gasteiger partial charge in [0.05, 0.1) is 0 Å². The van der Waals surface area contributed by atoms with E-state index < -0.39 is 29.8 Å². The molecule has 0 unspecified atom stereocenters. The van der Waals surface area contributed by atoms with Crippen LogP contribution in [0.4, 0.5) is 35.1 Å². The molecule has 9 heteroatoms. The van der Waals surface area contributed by atoms with E-state index in [9.17, 15) is 35.1 Å². The van der Waals surface area contributed by atoms with E-state index in [1.165, 1.54) is 0 Å². The van der Waals surface area contributed by atoms with E-state index in [1.54, 1.807) is 0 Å². The molecule has 96 valence electrons. The average molecular weight is 258 g/mol. The minimum absolute atomic E-state index is 0.496. The summed E-state index contributed by atoms with van der Waals surface area (Å²) in [5.74, 6) is -9.19. The molecule has 16 heavy (non-hydrogen) atoms. The third-order valence-electron chi connectivity index (χ3n) is 1.49. The highest BCUT2D eigenvalue weighted by Gasteiger charge is 2.75. The highest BCUT2D eigenvalue weighted by molar-refractivity contribution is 4.97. The Kier molecular flexibility index (Phi) is 3.83.